The van der Waals surface area contributed by atoms with Crippen LogP contribution in [-0.2, 0) is 0 Å². The third-order valence-corrected chi connectivity index (χ3v) is 3.82. The maximum absolute atomic E-state index is 6.01. The maximum Gasteiger partial charge on any atom is 0.127 e. The zero-order chi connectivity index (χ0) is 15.1. The standard InChI is InChI=1S/C20H24O/c1-4-5-6-7-8-9-15-21-19-14-13-17(3)20-16(2)11-10-12-18(19)20/h2-3,10-14H,4-9,15H2,1H3. The Labute approximate surface area is 129 Å². The zero-order valence-corrected chi connectivity index (χ0v) is 12.9. The molecule has 2 aromatic carbocycles. The van der Waals surface area contributed by atoms with E-state index in [1.54, 1.807) is 0 Å². The summed E-state index contributed by atoms with van der Waals surface area (Å²) >= 11 is 0. The van der Waals surface area contributed by atoms with E-state index in [1.807, 2.05) is 30.3 Å². The quantitative estimate of drug-likeness (QED) is 0.564. The van der Waals surface area contributed by atoms with Crippen molar-refractivity contribution < 1.29 is 4.74 Å². The van der Waals surface area contributed by atoms with E-state index in [2.05, 4.69) is 6.92 Å². The van der Waals surface area contributed by atoms with Crippen molar-refractivity contribution >= 4 is 10.8 Å². The molecule has 1 heteroatoms. The average Bonchev–Trinajstić information content (AvgIpc) is 2.48. The summed E-state index contributed by atoms with van der Waals surface area (Å²) in [7, 11) is 0. The molecule has 0 amide bonds. The summed E-state index contributed by atoms with van der Waals surface area (Å²) in [4.78, 5) is 0. The molecule has 0 spiro atoms. The fourth-order valence-corrected chi connectivity index (χ4v) is 2.63. The van der Waals surface area contributed by atoms with Gasteiger partial charge in [0, 0.05) is 5.39 Å². The lowest BCUT2D eigenvalue weighted by molar-refractivity contribution is 0.308. The van der Waals surface area contributed by atoms with E-state index in [-0.39, 0.29) is 0 Å². The van der Waals surface area contributed by atoms with Crippen LogP contribution in [0, 0.1) is 13.8 Å². The second kappa shape index (κ2) is 8.07. The Kier molecular flexibility index (Phi) is 6.10. The predicted molar refractivity (Wildman–Crippen MR) is 89.6 cm³/mol. The number of hydrogen-bond donors (Lipinski definition) is 0. The van der Waals surface area contributed by atoms with Gasteiger partial charge in [0.25, 0.3) is 0 Å². The normalized spacial score (nSPS) is 11.0. The van der Waals surface area contributed by atoms with E-state index in [4.69, 9.17) is 18.6 Å². The largest absolute Gasteiger partial charge is 0.493 e. The molecule has 0 unspecified atom stereocenters. The topological polar surface area (TPSA) is 9.23 Å². The van der Waals surface area contributed by atoms with Gasteiger partial charge < -0.3 is 4.74 Å². The third-order valence-electron chi connectivity index (χ3n) is 3.82. The molecule has 1 nitrogen and oxygen atoms in total. The van der Waals surface area contributed by atoms with Crippen LogP contribution in [0.15, 0.2) is 30.3 Å². The smallest absolute Gasteiger partial charge is 0.127 e. The minimum atomic E-state index is 0.704. The van der Waals surface area contributed by atoms with Crippen LogP contribution in [0.2, 0.25) is 0 Å². The van der Waals surface area contributed by atoms with E-state index in [0.717, 1.165) is 29.5 Å². The fourth-order valence-electron chi connectivity index (χ4n) is 2.63. The van der Waals surface area contributed by atoms with Gasteiger partial charge in [-0.05, 0) is 42.8 Å². The summed E-state index contributed by atoms with van der Waals surface area (Å²) in [6.07, 6.45) is 7.58. The lowest BCUT2D eigenvalue weighted by atomic mass is 10.0. The number of unbranched alkanes of at least 4 members (excludes halogenated alkanes) is 5. The molecule has 0 saturated carbocycles. The molecular weight excluding hydrogens is 256 g/mol. The molecular formula is C20H24O. The van der Waals surface area contributed by atoms with Gasteiger partial charge in [-0.3, -0.25) is 0 Å². The number of ether oxygens (including phenoxy) is 1. The minimum Gasteiger partial charge on any atom is -0.493 e. The Hall–Kier alpha value is -1.50. The van der Waals surface area contributed by atoms with Crippen LogP contribution < -0.4 is 4.74 Å². The summed E-state index contributed by atoms with van der Waals surface area (Å²) in [5, 5.41) is 1.90. The van der Waals surface area contributed by atoms with Crippen molar-refractivity contribution in [2.24, 2.45) is 0 Å². The van der Waals surface area contributed by atoms with Crippen molar-refractivity contribution in [1.29, 1.82) is 0 Å². The average molecular weight is 280 g/mol. The van der Waals surface area contributed by atoms with Gasteiger partial charge in [-0.25, -0.2) is 0 Å². The van der Waals surface area contributed by atoms with E-state index >= 15 is 0 Å². The highest BCUT2D eigenvalue weighted by Crippen LogP contribution is 2.30. The first kappa shape index (κ1) is 15.9. The highest BCUT2D eigenvalue weighted by atomic mass is 16.5. The molecule has 0 aromatic heterocycles. The van der Waals surface area contributed by atoms with Crippen molar-refractivity contribution in [3.05, 3.63) is 55.3 Å². The second-order valence-electron chi connectivity index (χ2n) is 5.54. The van der Waals surface area contributed by atoms with Gasteiger partial charge in [-0.2, -0.15) is 0 Å². The summed E-state index contributed by atoms with van der Waals surface area (Å²) < 4.78 is 5.92. The summed E-state index contributed by atoms with van der Waals surface area (Å²) in [5.74, 6) is 0.875. The first-order valence-corrected chi connectivity index (χ1v) is 7.93. The molecule has 0 aliphatic rings. The molecule has 0 fully saturated rings. The number of benzene rings is 2. The SMILES string of the molecule is [CH]c1cccc2c(OCCCCCCCC)ccc([CH])c12. The minimum absolute atomic E-state index is 0.704. The van der Waals surface area contributed by atoms with Gasteiger partial charge >= 0.3 is 0 Å². The molecule has 110 valence electrons. The number of rotatable bonds is 8. The summed E-state index contributed by atoms with van der Waals surface area (Å²) in [5.41, 5.74) is 1.41. The van der Waals surface area contributed by atoms with Crippen molar-refractivity contribution in [3.8, 4) is 5.75 Å². The molecule has 2 rings (SSSR count). The first-order valence-electron chi connectivity index (χ1n) is 7.93. The number of fused-ring (bicyclic) bond motifs is 1. The van der Waals surface area contributed by atoms with Gasteiger partial charge in [0.1, 0.15) is 5.75 Å². The maximum atomic E-state index is 6.01. The summed E-state index contributed by atoms with van der Waals surface area (Å²) in [6.45, 7) is 15.0. The molecule has 21 heavy (non-hydrogen) atoms. The highest BCUT2D eigenvalue weighted by molar-refractivity contribution is 5.94. The lowest BCUT2D eigenvalue weighted by Gasteiger charge is -2.12. The molecule has 0 saturated heterocycles. The Balaban J connectivity index is 1.94. The van der Waals surface area contributed by atoms with E-state index < -0.39 is 0 Å². The number of hydrogen-bond acceptors (Lipinski definition) is 1. The van der Waals surface area contributed by atoms with Crippen LogP contribution >= 0.6 is 0 Å². The molecule has 0 aliphatic carbocycles. The van der Waals surface area contributed by atoms with E-state index in [1.165, 1.54) is 32.1 Å². The summed E-state index contributed by atoms with van der Waals surface area (Å²) in [6, 6.07) is 9.63. The molecule has 4 radical (unpaired) electrons. The molecule has 0 aliphatic heterocycles. The van der Waals surface area contributed by atoms with Gasteiger partial charge in [0.15, 0.2) is 0 Å². The Morgan fingerprint density at radius 3 is 2.38 bits per heavy atom. The Bertz CT molecular complexity index is 563. The molecule has 0 heterocycles. The molecule has 0 N–H and O–H groups in total. The van der Waals surface area contributed by atoms with Crippen LogP contribution in [0.25, 0.3) is 10.8 Å². The fraction of sp³-hybridized carbons (Fsp3) is 0.400. The van der Waals surface area contributed by atoms with Crippen LogP contribution in [0.1, 0.15) is 56.6 Å². The third kappa shape index (κ3) is 4.23. The van der Waals surface area contributed by atoms with Crippen molar-refractivity contribution in [2.75, 3.05) is 6.61 Å². The Morgan fingerprint density at radius 2 is 1.57 bits per heavy atom. The van der Waals surface area contributed by atoms with Crippen molar-refractivity contribution in [3.63, 3.8) is 0 Å². The highest BCUT2D eigenvalue weighted by Gasteiger charge is 2.06. The van der Waals surface area contributed by atoms with E-state index in [9.17, 15) is 0 Å². The van der Waals surface area contributed by atoms with Gasteiger partial charge in [-0.15, -0.1) is 0 Å². The van der Waals surface area contributed by atoms with Crippen molar-refractivity contribution in [1.82, 2.24) is 0 Å². The van der Waals surface area contributed by atoms with Gasteiger partial charge in [0.05, 0.1) is 6.61 Å². The van der Waals surface area contributed by atoms with Crippen LogP contribution in [0.5, 0.6) is 5.75 Å². The lowest BCUT2D eigenvalue weighted by Crippen LogP contribution is -1.98. The van der Waals surface area contributed by atoms with Gasteiger partial charge in [0.2, 0.25) is 0 Å². The molecule has 0 bridgehead atoms. The molecule has 0 atom stereocenters. The second-order valence-corrected chi connectivity index (χ2v) is 5.54. The van der Waals surface area contributed by atoms with Crippen molar-refractivity contribution in [2.45, 2.75) is 45.4 Å². The van der Waals surface area contributed by atoms with Crippen LogP contribution in [-0.4, -0.2) is 6.61 Å². The monoisotopic (exact) mass is 280 g/mol. The van der Waals surface area contributed by atoms with Crippen LogP contribution in [0.3, 0.4) is 0 Å². The van der Waals surface area contributed by atoms with E-state index in [0.29, 0.717) is 11.1 Å². The molecule has 2 aromatic rings. The zero-order valence-electron chi connectivity index (χ0n) is 12.9. The Morgan fingerprint density at radius 1 is 0.857 bits per heavy atom. The van der Waals surface area contributed by atoms with Gasteiger partial charge in [-0.1, -0.05) is 63.3 Å². The predicted octanol–water partition coefficient (Wildman–Crippen LogP) is 5.70. The first-order chi connectivity index (χ1) is 10.2. The van der Waals surface area contributed by atoms with Crippen LogP contribution in [0.4, 0.5) is 0 Å².